The second-order valence-electron chi connectivity index (χ2n) is 4.85. The minimum atomic E-state index is 0.0999. The third kappa shape index (κ3) is 2.96. The van der Waals surface area contributed by atoms with Gasteiger partial charge in [-0.15, -0.1) is 0 Å². The Kier molecular flexibility index (Phi) is 3.61. The molecule has 0 saturated heterocycles. The van der Waals surface area contributed by atoms with Crippen molar-refractivity contribution < 1.29 is 0 Å². The molecule has 2 rings (SSSR count). The molecule has 0 radical (unpaired) electrons. The topological polar surface area (TPSA) is 66.0 Å². The summed E-state index contributed by atoms with van der Waals surface area (Å²) in [5.74, 6) is 1.80. The summed E-state index contributed by atoms with van der Waals surface area (Å²) in [6.07, 6.45) is 7.10. The highest BCUT2D eigenvalue weighted by Crippen LogP contribution is 2.26. The molecule has 1 aromatic rings. The number of nitrogens with two attached hydrogens (primary N) is 1. The molecule has 0 aromatic carbocycles. The summed E-state index contributed by atoms with van der Waals surface area (Å²) in [6, 6.07) is 3.66. The van der Waals surface area contributed by atoms with Crippen molar-refractivity contribution in [2.75, 3.05) is 18.5 Å². The summed E-state index contributed by atoms with van der Waals surface area (Å²) in [7, 11) is 2.06. The molecule has 17 heavy (non-hydrogen) atoms. The predicted octanol–water partition coefficient (Wildman–Crippen LogP) is 1.99. The average molecular weight is 232 g/mol. The van der Waals surface area contributed by atoms with Gasteiger partial charge in [-0.25, -0.2) is 4.98 Å². The second kappa shape index (κ2) is 5.17. The fourth-order valence-electron chi connectivity index (χ4n) is 2.47. The van der Waals surface area contributed by atoms with Gasteiger partial charge in [-0.1, -0.05) is 12.8 Å². The number of hydrogen-bond donors (Lipinski definition) is 2. The lowest BCUT2D eigenvalue weighted by molar-refractivity contribution is 0.545. The van der Waals surface area contributed by atoms with Crippen LogP contribution in [0.25, 0.3) is 0 Å². The quantitative estimate of drug-likeness (QED) is 0.616. The maximum atomic E-state index is 7.43. The van der Waals surface area contributed by atoms with Gasteiger partial charge in [-0.2, -0.15) is 0 Å². The SMILES string of the molecule is CN(CC1CCCC1)c1cc(C(=N)N)ccn1. The van der Waals surface area contributed by atoms with Gasteiger partial charge >= 0.3 is 0 Å². The summed E-state index contributed by atoms with van der Waals surface area (Å²) < 4.78 is 0. The Morgan fingerprint density at radius 1 is 1.53 bits per heavy atom. The average Bonchev–Trinajstić information content (AvgIpc) is 2.82. The Morgan fingerprint density at radius 3 is 2.88 bits per heavy atom. The van der Waals surface area contributed by atoms with Crippen LogP contribution in [0.1, 0.15) is 31.2 Å². The second-order valence-corrected chi connectivity index (χ2v) is 4.85. The highest BCUT2D eigenvalue weighted by Gasteiger charge is 2.17. The van der Waals surface area contributed by atoms with E-state index in [0.717, 1.165) is 23.8 Å². The smallest absolute Gasteiger partial charge is 0.128 e. The van der Waals surface area contributed by atoms with Crippen LogP contribution in [0.3, 0.4) is 0 Å². The molecule has 0 aliphatic heterocycles. The number of anilines is 1. The monoisotopic (exact) mass is 232 g/mol. The van der Waals surface area contributed by atoms with E-state index in [4.69, 9.17) is 11.1 Å². The van der Waals surface area contributed by atoms with E-state index < -0.39 is 0 Å². The molecule has 0 bridgehead atoms. The summed E-state index contributed by atoms with van der Waals surface area (Å²) in [6.45, 7) is 1.05. The van der Waals surface area contributed by atoms with Gasteiger partial charge in [0.1, 0.15) is 11.7 Å². The molecule has 0 atom stereocenters. The highest BCUT2D eigenvalue weighted by molar-refractivity contribution is 5.95. The Balaban J connectivity index is 2.04. The first-order valence-corrected chi connectivity index (χ1v) is 6.18. The molecular formula is C13H20N4. The summed E-state index contributed by atoms with van der Waals surface area (Å²) in [4.78, 5) is 6.51. The number of nitrogens with one attached hydrogen (secondary N) is 1. The zero-order chi connectivity index (χ0) is 12.3. The van der Waals surface area contributed by atoms with Crippen LogP contribution in [0.5, 0.6) is 0 Å². The molecule has 1 saturated carbocycles. The molecule has 1 aliphatic carbocycles. The van der Waals surface area contributed by atoms with E-state index in [0.29, 0.717) is 0 Å². The Morgan fingerprint density at radius 2 is 2.24 bits per heavy atom. The van der Waals surface area contributed by atoms with Crippen LogP contribution in [0.4, 0.5) is 5.82 Å². The number of nitrogens with zero attached hydrogens (tertiary/aromatic N) is 2. The van der Waals surface area contributed by atoms with Gasteiger partial charge in [-0.3, -0.25) is 5.41 Å². The molecule has 92 valence electrons. The van der Waals surface area contributed by atoms with Crippen molar-refractivity contribution in [3.8, 4) is 0 Å². The minimum absolute atomic E-state index is 0.0999. The van der Waals surface area contributed by atoms with Crippen molar-refractivity contribution in [3.63, 3.8) is 0 Å². The molecular weight excluding hydrogens is 212 g/mol. The lowest BCUT2D eigenvalue weighted by Gasteiger charge is -2.22. The van der Waals surface area contributed by atoms with Gasteiger partial charge < -0.3 is 10.6 Å². The van der Waals surface area contributed by atoms with E-state index in [1.807, 2.05) is 6.07 Å². The van der Waals surface area contributed by atoms with Crippen LogP contribution in [0.2, 0.25) is 0 Å². The first-order chi connectivity index (χ1) is 8.16. The summed E-state index contributed by atoms with van der Waals surface area (Å²) in [5, 5.41) is 7.43. The number of nitrogen functional groups attached to an aromatic ring is 1. The van der Waals surface area contributed by atoms with Crippen LogP contribution < -0.4 is 10.6 Å². The van der Waals surface area contributed by atoms with Crippen LogP contribution in [-0.2, 0) is 0 Å². The first-order valence-electron chi connectivity index (χ1n) is 6.18. The van der Waals surface area contributed by atoms with Crippen LogP contribution >= 0.6 is 0 Å². The lowest BCUT2D eigenvalue weighted by atomic mass is 10.1. The fourth-order valence-corrected chi connectivity index (χ4v) is 2.47. The predicted molar refractivity (Wildman–Crippen MR) is 70.5 cm³/mol. The number of amidine groups is 1. The van der Waals surface area contributed by atoms with Crippen LogP contribution in [0.15, 0.2) is 18.3 Å². The molecule has 4 heteroatoms. The summed E-state index contributed by atoms with van der Waals surface area (Å²) in [5.41, 5.74) is 6.23. The zero-order valence-corrected chi connectivity index (χ0v) is 10.3. The number of rotatable bonds is 4. The van der Waals surface area contributed by atoms with Gasteiger partial charge in [0.2, 0.25) is 0 Å². The van der Waals surface area contributed by atoms with Crippen molar-refractivity contribution >= 4 is 11.7 Å². The molecule has 1 heterocycles. The molecule has 1 aliphatic rings. The van der Waals surface area contributed by atoms with E-state index in [9.17, 15) is 0 Å². The van der Waals surface area contributed by atoms with E-state index in [1.165, 1.54) is 25.7 Å². The first kappa shape index (κ1) is 11.9. The molecule has 4 nitrogen and oxygen atoms in total. The number of hydrogen-bond acceptors (Lipinski definition) is 3. The van der Waals surface area contributed by atoms with Gasteiger partial charge in [0.25, 0.3) is 0 Å². The molecule has 0 unspecified atom stereocenters. The van der Waals surface area contributed by atoms with Crippen LogP contribution in [0, 0.1) is 11.3 Å². The van der Waals surface area contributed by atoms with E-state index >= 15 is 0 Å². The molecule has 1 aromatic heterocycles. The van der Waals surface area contributed by atoms with E-state index in [1.54, 1.807) is 12.3 Å². The van der Waals surface area contributed by atoms with Crippen molar-refractivity contribution in [1.82, 2.24) is 4.98 Å². The van der Waals surface area contributed by atoms with Crippen molar-refractivity contribution in [2.45, 2.75) is 25.7 Å². The molecule has 3 N–H and O–H groups in total. The maximum absolute atomic E-state index is 7.43. The minimum Gasteiger partial charge on any atom is -0.384 e. The van der Waals surface area contributed by atoms with Crippen molar-refractivity contribution in [3.05, 3.63) is 23.9 Å². The molecule has 0 spiro atoms. The highest BCUT2D eigenvalue weighted by atomic mass is 15.2. The number of aromatic nitrogens is 1. The standard InChI is InChI=1S/C13H20N4/c1-17(9-10-4-2-3-5-10)12-8-11(13(14)15)6-7-16-12/h6-8,10H,2-5,9H2,1H3,(H3,14,15). The van der Waals surface area contributed by atoms with E-state index in [2.05, 4.69) is 16.9 Å². The van der Waals surface area contributed by atoms with E-state index in [-0.39, 0.29) is 5.84 Å². The van der Waals surface area contributed by atoms with Gasteiger partial charge in [0.05, 0.1) is 0 Å². The fraction of sp³-hybridized carbons (Fsp3) is 0.538. The van der Waals surface area contributed by atoms with Crippen molar-refractivity contribution in [2.24, 2.45) is 11.7 Å². The largest absolute Gasteiger partial charge is 0.384 e. The van der Waals surface area contributed by atoms with Gasteiger partial charge in [0, 0.05) is 25.4 Å². The Hall–Kier alpha value is -1.58. The summed E-state index contributed by atoms with van der Waals surface area (Å²) >= 11 is 0. The molecule has 1 fully saturated rings. The number of pyridine rings is 1. The zero-order valence-electron chi connectivity index (χ0n) is 10.3. The third-order valence-electron chi connectivity index (χ3n) is 3.45. The maximum Gasteiger partial charge on any atom is 0.128 e. The third-order valence-corrected chi connectivity index (χ3v) is 3.45. The van der Waals surface area contributed by atoms with Crippen molar-refractivity contribution in [1.29, 1.82) is 5.41 Å². The Labute approximate surface area is 102 Å². The van der Waals surface area contributed by atoms with Gasteiger partial charge in [0.15, 0.2) is 0 Å². The Bertz CT molecular complexity index is 396. The lowest BCUT2D eigenvalue weighted by Crippen LogP contribution is -2.25. The molecule has 0 amide bonds. The van der Waals surface area contributed by atoms with Crippen LogP contribution in [-0.4, -0.2) is 24.4 Å². The van der Waals surface area contributed by atoms with Gasteiger partial charge in [-0.05, 0) is 30.9 Å². The normalized spacial score (nSPS) is 16.1.